The number of nitrogens with zero attached hydrogens (tertiary/aromatic N) is 1. The van der Waals surface area contributed by atoms with Gasteiger partial charge in [-0.2, -0.15) is 0 Å². The van der Waals surface area contributed by atoms with Gasteiger partial charge in [0.1, 0.15) is 6.61 Å². The minimum absolute atomic E-state index is 0.0659. The maximum absolute atomic E-state index is 11.6. The molecule has 0 rings (SSSR count). The highest BCUT2D eigenvalue weighted by Gasteiger charge is 2.13. The molecular weight excluding hydrogens is 190 g/mol. The van der Waals surface area contributed by atoms with Crippen molar-refractivity contribution in [3.05, 3.63) is 0 Å². The third-order valence-electron chi connectivity index (χ3n) is 2.47. The van der Waals surface area contributed by atoms with Crippen molar-refractivity contribution in [2.75, 3.05) is 20.2 Å². The fourth-order valence-electron chi connectivity index (χ4n) is 1.15. The molecule has 0 radical (unpaired) electrons. The molecule has 1 atom stereocenters. The van der Waals surface area contributed by atoms with Crippen molar-refractivity contribution < 1.29 is 9.53 Å². The van der Waals surface area contributed by atoms with E-state index < -0.39 is 0 Å². The second kappa shape index (κ2) is 6.83. The van der Waals surface area contributed by atoms with Crippen molar-refractivity contribution >= 4 is 5.91 Å². The van der Waals surface area contributed by atoms with Gasteiger partial charge in [0.2, 0.25) is 5.91 Å². The lowest BCUT2D eigenvalue weighted by Gasteiger charge is -2.21. The Labute approximate surface area is 93.8 Å². The average molecular weight is 215 g/mol. The summed E-state index contributed by atoms with van der Waals surface area (Å²) >= 11 is 0. The molecule has 0 aliphatic carbocycles. The molecule has 0 aromatic heterocycles. The van der Waals surface area contributed by atoms with Gasteiger partial charge in [-0.3, -0.25) is 4.79 Å². The van der Waals surface area contributed by atoms with Crippen molar-refractivity contribution in [3.63, 3.8) is 0 Å². The molecular formula is C12H25NO2. The largest absolute Gasteiger partial charge is 0.368 e. The first kappa shape index (κ1) is 14.4. The molecule has 0 heterocycles. The lowest BCUT2D eigenvalue weighted by molar-refractivity contribution is -0.137. The first-order valence-corrected chi connectivity index (χ1v) is 5.70. The van der Waals surface area contributed by atoms with Crippen LogP contribution in [0.15, 0.2) is 0 Å². The Morgan fingerprint density at radius 1 is 1.20 bits per heavy atom. The highest BCUT2D eigenvalue weighted by Crippen LogP contribution is 2.05. The Bertz CT molecular complexity index is 190. The maximum Gasteiger partial charge on any atom is 0.248 e. The number of rotatable bonds is 6. The molecule has 0 N–H and O–H groups in total. The van der Waals surface area contributed by atoms with Crippen LogP contribution in [-0.2, 0) is 9.53 Å². The van der Waals surface area contributed by atoms with Crippen LogP contribution in [0.25, 0.3) is 0 Å². The van der Waals surface area contributed by atoms with E-state index in [-0.39, 0.29) is 18.6 Å². The zero-order valence-corrected chi connectivity index (χ0v) is 10.9. The number of hydrogen-bond donors (Lipinski definition) is 0. The molecule has 0 spiro atoms. The van der Waals surface area contributed by atoms with Crippen LogP contribution in [0, 0.1) is 11.8 Å². The van der Waals surface area contributed by atoms with E-state index >= 15 is 0 Å². The molecule has 0 aliphatic rings. The van der Waals surface area contributed by atoms with Crippen molar-refractivity contribution in [1.82, 2.24) is 4.90 Å². The molecule has 0 aliphatic heterocycles. The topological polar surface area (TPSA) is 29.5 Å². The van der Waals surface area contributed by atoms with Gasteiger partial charge >= 0.3 is 0 Å². The Morgan fingerprint density at radius 2 is 1.73 bits per heavy atom. The number of hydrogen-bond acceptors (Lipinski definition) is 2. The number of carbonyl (C=O) groups excluding carboxylic acids is 1. The molecule has 0 saturated heterocycles. The summed E-state index contributed by atoms with van der Waals surface area (Å²) in [5, 5.41) is 0. The third kappa shape index (κ3) is 6.50. The summed E-state index contributed by atoms with van der Waals surface area (Å²) in [6.07, 6.45) is 0.140. The zero-order valence-electron chi connectivity index (χ0n) is 10.9. The van der Waals surface area contributed by atoms with Crippen molar-refractivity contribution in [3.8, 4) is 0 Å². The SMILES string of the molecule is CC(C)CN(C)C(=O)COC(C)C(C)C. The van der Waals surface area contributed by atoms with Gasteiger partial charge in [0, 0.05) is 13.6 Å². The van der Waals surface area contributed by atoms with Gasteiger partial charge < -0.3 is 9.64 Å². The molecule has 90 valence electrons. The molecule has 0 aromatic rings. The highest BCUT2D eigenvalue weighted by molar-refractivity contribution is 5.77. The smallest absolute Gasteiger partial charge is 0.248 e. The van der Waals surface area contributed by atoms with Crippen LogP contribution in [-0.4, -0.2) is 37.1 Å². The molecule has 15 heavy (non-hydrogen) atoms. The Morgan fingerprint density at radius 3 is 2.13 bits per heavy atom. The summed E-state index contributed by atoms with van der Waals surface area (Å²) in [6.45, 7) is 11.4. The fourth-order valence-corrected chi connectivity index (χ4v) is 1.15. The Balaban J connectivity index is 3.83. The molecule has 3 heteroatoms. The summed E-state index contributed by atoms with van der Waals surface area (Å²) in [5.41, 5.74) is 0. The zero-order chi connectivity index (χ0) is 12.0. The summed E-state index contributed by atoms with van der Waals surface area (Å²) in [7, 11) is 1.83. The van der Waals surface area contributed by atoms with Crippen LogP contribution in [0.3, 0.4) is 0 Å². The van der Waals surface area contributed by atoms with E-state index in [1.54, 1.807) is 4.90 Å². The van der Waals surface area contributed by atoms with Gasteiger partial charge in [0.15, 0.2) is 0 Å². The van der Waals surface area contributed by atoms with E-state index in [2.05, 4.69) is 27.7 Å². The van der Waals surface area contributed by atoms with Gasteiger partial charge in [-0.05, 0) is 18.8 Å². The Hall–Kier alpha value is -0.570. The minimum atomic E-state index is 0.0659. The van der Waals surface area contributed by atoms with E-state index in [0.29, 0.717) is 11.8 Å². The lowest BCUT2D eigenvalue weighted by Crippen LogP contribution is -2.34. The van der Waals surface area contributed by atoms with Crippen LogP contribution in [0.1, 0.15) is 34.6 Å². The number of amides is 1. The minimum Gasteiger partial charge on any atom is -0.368 e. The van der Waals surface area contributed by atoms with Gasteiger partial charge in [-0.15, -0.1) is 0 Å². The normalized spacial score (nSPS) is 13.3. The van der Waals surface area contributed by atoms with E-state index in [4.69, 9.17) is 4.74 Å². The average Bonchev–Trinajstić information content (AvgIpc) is 2.12. The first-order valence-electron chi connectivity index (χ1n) is 5.70. The summed E-state index contributed by atoms with van der Waals surface area (Å²) in [6, 6.07) is 0. The van der Waals surface area contributed by atoms with Crippen LogP contribution >= 0.6 is 0 Å². The van der Waals surface area contributed by atoms with E-state index in [1.165, 1.54) is 0 Å². The number of carbonyl (C=O) groups is 1. The van der Waals surface area contributed by atoms with E-state index in [0.717, 1.165) is 6.54 Å². The van der Waals surface area contributed by atoms with Gasteiger partial charge in [0.25, 0.3) is 0 Å². The van der Waals surface area contributed by atoms with Gasteiger partial charge in [0.05, 0.1) is 6.10 Å². The van der Waals surface area contributed by atoms with Crippen molar-refractivity contribution in [2.45, 2.75) is 40.7 Å². The lowest BCUT2D eigenvalue weighted by atomic mass is 10.1. The second-order valence-electron chi connectivity index (χ2n) is 4.93. The fraction of sp³-hybridized carbons (Fsp3) is 0.917. The third-order valence-corrected chi connectivity index (χ3v) is 2.47. The monoisotopic (exact) mass is 215 g/mol. The predicted molar refractivity (Wildman–Crippen MR) is 62.7 cm³/mol. The number of ether oxygens (including phenoxy) is 1. The maximum atomic E-state index is 11.6. The van der Waals surface area contributed by atoms with Crippen LogP contribution < -0.4 is 0 Å². The molecule has 0 aromatic carbocycles. The quantitative estimate of drug-likeness (QED) is 0.679. The van der Waals surface area contributed by atoms with Crippen LogP contribution in [0.5, 0.6) is 0 Å². The molecule has 1 amide bonds. The second-order valence-corrected chi connectivity index (χ2v) is 4.93. The first-order chi connectivity index (χ1) is 6.84. The van der Waals surface area contributed by atoms with Crippen LogP contribution in [0.2, 0.25) is 0 Å². The number of likely N-dealkylation sites (N-methyl/N-ethyl adjacent to an activating group) is 1. The van der Waals surface area contributed by atoms with Crippen LogP contribution in [0.4, 0.5) is 0 Å². The molecule has 1 unspecified atom stereocenters. The predicted octanol–water partition coefficient (Wildman–Crippen LogP) is 2.16. The van der Waals surface area contributed by atoms with Crippen molar-refractivity contribution in [1.29, 1.82) is 0 Å². The van der Waals surface area contributed by atoms with E-state index in [9.17, 15) is 4.79 Å². The van der Waals surface area contributed by atoms with Crippen molar-refractivity contribution in [2.24, 2.45) is 11.8 Å². The van der Waals surface area contributed by atoms with Gasteiger partial charge in [-0.1, -0.05) is 27.7 Å². The summed E-state index contributed by atoms with van der Waals surface area (Å²) < 4.78 is 5.48. The van der Waals surface area contributed by atoms with E-state index in [1.807, 2.05) is 14.0 Å². The standard InChI is InChI=1S/C12H25NO2/c1-9(2)7-13(6)12(14)8-15-11(5)10(3)4/h9-11H,7-8H2,1-6H3. The highest BCUT2D eigenvalue weighted by atomic mass is 16.5. The molecule has 0 bridgehead atoms. The summed E-state index contributed by atoms with van der Waals surface area (Å²) in [5.74, 6) is 1.02. The summed E-state index contributed by atoms with van der Waals surface area (Å²) in [4.78, 5) is 13.3. The Kier molecular flexibility index (Phi) is 6.57. The molecule has 0 saturated carbocycles. The van der Waals surface area contributed by atoms with Gasteiger partial charge in [-0.25, -0.2) is 0 Å². The molecule has 0 fully saturated rings. The molecule has 3 nitrogen and oxygen atoms in total.